The standard InChI is InChI=1S/C14H18FNO4S/c1-13(2,3)21(19)16-14(7-20-8-14)10-5-4-9(12(17)18)6-11(10)15/h4-6,16H,7-8H2,1-3H3,(H,17,18). The third-order valence-electron chi connectivity index (χ3n) is 3.27. The summed E-state index contributed by atoms with van der Waals surface area (Å²) in [5.74, 6) is -1.83. The van der Waals surface area contributed by atoms with Gasteiger partial charge in [-0.15, -0.1) is 4.72 Å². The van der Waals surface area contributed by atoms with Gasteiger partial charge in [0.1, 0.15) is 16.1 Å². The van der Waals surface area contributed by atoms with Crippen molar-refractivity contribution < 1.29 is 23.6 Å². The molecular formula is C14H18FNO4S. The minimum Gasteiger partial charge on any atom is -0.598 e. The fourth-order valence-corrected chi connectivity index (χ4v) is 2.83. The number of carboxylic acids is 1. The first kappa shape index (κ1) is 16.2. The molecule has 1 aliphatic rings. The Hall–Kier alpha value is -1.15. The van der Waals surface area contributed by atoms with Crippen LogP contribution in [-0.4, -0.2) is 33.6 Å². The van der Waals surface area contributed by atoms with Crippen LogP contribution in [0.15, 0.2) is 18.2 Å². The molecule has 0 aliphatic carbocycles. The van der Waals surface area contributed by atoms with Crippen molar-refractivity contribution in [3.05, 3.63) is 35.1 Å². The van der Waals surface area contributed by atoms with Crippen LogP contribution in [0.1, 0.15) is 36.7 Å². The molecule has 0 amide bonds. The van der Waals surface area contributed by atoms with Crippen LogP contribution in [0.5, 0.6) is 0 Å². The molecule has 1 atom stereocenters. The second kappa shape index (κ2) is 5.57. The summed E-state index contributed by atoms with van der Waals surface area (Å²) < 4.78 is 34.1. The molecule has 116 valence electrons. The second-order valence-electron chi connectivity index (χ2n) is 6.06. The minimum absolute atomic E-state index is 0.122. The molecule has 5 nitrogen and oxygen atoms in total. The Bertz CT molecular complexity index is 554. The maximum Gasteiger partial charge on any atom is 0.335 e. The van der Waals surface area contributed by atoms with Gasteiger partial charge in [-0.05, 0) is 32.9 Å². The molecule has 1 saturated heterocycles. The number of ether oxygens (including phenoxy) is 1. The Morgan fingerprint density at radius 1 is 1.48 bits per heavy atom. The van der Waals surface area contributed by atoms with E-state index in [1.807, 2.05) is 20.8 Å². The fourth-order valence-electron chi connectivity index (χ4n) is 1.94. The van der Waals surface area contributed by atoms with Crippen molar-refractivity contribution in [2.75, 3.05) is 13.2 Å². The SMILES string of the molecule is CC(C)(C)[S+]([O-])NC1(c2ccc(C(=O)O)cc2F)COC1. The lowest BCUT2D eigenvalue weighted by atomic mass is 9.88. The van der Waals surface area contributed by atoms with E-state index < -0.39 is 33.4 Å². The summed E-state index contributed by atoms with van der Waals surface area (Å²) in [4.78, 5) is 10.9. The van der Waals surface area contributed by atoms with E-state index in [9.17, 15) is 13.7 Å². The molecule has 7 heteroatoms. The van der Waals surface area contributed by atoms with Crippen molar-refractivity contribution in [2.24, 2.45) is 0 Å². The molecule has 21 heavy (non-hydrogen) atoms. The number of hydrogen-bond acceptors (Lipinski definition) is 4. The maximum atomic E-state index is 14.2. The number of nitrogens with one attached hydrogen (secondary N) is 1. The molecule has 1 aromatic carbocycles. The zero-order valence-electron chi connectivity index (χ0n) is 12.1. The highest BCUT2D eigenvalue weighted by Crippen LogP contribution is 2.34. The van der Waals surface area contributed by atoms with Crippen molar-refractivity contribution >= 4 is 17.3 Å². The van der Waals surface area contributed by atoms with Gasteiger partial charge in [0, 0.05) is 16.9 Å². The maximum absolute atomic E-state index is 14.2. The topological polar surface area (TPSA) is 81.6 Å². The van der Waals surface area contributed by atoms with E-state index in [0.29, 0.717) is 0 Å². The van der Waals surface area contributed by atoms with Crippen LogP contribution in [0.25, 0.3) is 0 Å². The van der Waals surface area contributed by atoms with Gasteiger partial charge in [-0.25, -0.2) is 9.18 Å². The Morgan fingerprint density at radius 2 is 2.10 bits per heavy atom. The first-order chi connectivity index (χ1) is 9.66. The molecule has 1 aromatic rings. The van der Waals surface area contributed by atoms with Gasteiger partial charge in [-0.1, -0.05) is 6.07 Å². The van der Waals surface area contributed by atoms with Crippen molar-refractivity contribution in [1.82, 2.24) is 4.72 Å². The quantitative estimate of drug-likeness (QED) is 0.828. The summed E-state index contributed by atoms with van der Waals surface area (Å²) in [6, 6.07) is 3.72. The van der Waals surface area contributed by atoms with Gasteiger partial charge in [0.05, 0.1) is 18.8 Å². The molecule has 2 rings (SSSR count). The third kappa shape index (κ3) is 3.21. The number of hydrogen-bond donors (Lipinski definition) is 2. The summed E-state index contributed by atoms with van der Waals surface area (Å²) in [6.07, 6.45) is 0. The van der Waals surface area contributed by atoms with E-state index in [2.05, 4.69) is 4.72 Å². The molecule has 0 saturated carbocycles. The number of rotatable bonds is 4. The predicted octanol–water partition coefficient (Wildman–Crippen LogP) is 1.80. The zero-order valence-corrected chi connectivity index (χ0v) is 12.9. The summed E-state index contributed by atoms with van der Waals surface area (Å²) in [5, 5.41) is 8.87. The van der Waals surface area contributed by atoms with E-state index in [-0.39, 0.29) is 24.3 Å². The summed E-state index contributed by atoms with van der Waals surface area (Å²) >= 11 is -1.39. The Balaban J connectivity index is 2.31. The average Bonchev–Trinajstić information content (AvgIpc) is 2.32. The van der Waals surface area contributed by atoms with Crippen LogP contribution in [0.4, 0.5) is 4.39 Å². The molecule has 1 aliphatic heterocycles. The normalized spacial score (nSPS) is 18.9. The Labute approximate surface area is 125 Å². The molecule has 1 heterocycles. The van der Waals surface area contributed by atoms with Crippen LogP contribution < -0.4 is 4.72 Å². The smallest absolute Gasteiger partial charge is 0.335 e. The fraction of sp³-hybridized carbons (Fsp3) is 0.500. The van der Waals surface area contributed by atoms with Gasteiger partial charge in [0.15, 0.2) is 0 Å². The van der Waals surface area contributed by atoms with Gasteiger partial charge in [0.25, 0.3) is 0 Å². The lowest BCUT2D eigenvalue weighted by Gasteiger charge is -2.43. The minimum atomic E-state index is -1.39. The van der Waals surface area contributed by atoms with E-state index in [4.69, 9.17) is 9.84 Å². The van der Waals surface area contributed by atoms with Crippen molar-refractivity contribution in [3.8, 4) is 0 Å². The van der Waals surface area contributed by atoms with Crippen molar-refractivity contribution in [2.45, 2.75) is 31.1 Å². The number of benzene rings is 1. The van der Waals surface area contributed by atoms with Crippen LogP contribution >= 0.6 is 0 Å². The molecule has 0 aromatic heterocycles. The van der Waals surface area contributed by atoms with Gasteiger partial charge in [-0.2, -0.15) is 0 Å². The van der Waals surface area contributed by atoms with Crippen LogP contribution in [-0.2, 0) is 21.6 Å². The molecule has 0 spiro atoms. The second-order valence-corrected chi connectivity index (χ2v) is 8.02. The van der Waals surface area contributed by atoms with Crippen LogP contribution in [0.3, 0.4) is 0 Å². The number of carbonyl (C=O) groups is 1. The highest BCUT2D eigenvalue weighted by atomic mass is 32.2. The monoisotopic (exact) mass is 315 g/mol. The van der Waals surface area contributed by atoms with E-state index in [0.717, 1.165) is 6.07 Å². The first-order valence-corrected chi connectivity index (χ1v) is 7.61. The summed E-state index contributed by atoms with van der Waals surface area (Å²) in [7, 11) is 0. The summed E-state index contributed by atoms with van der Waals surface area (Å²) in [6.45, 7) is 5.82. The molecular weight excluding hydrogens is 297 g/mol. The van der Waals surface area contributed by atoms with Crippen molar-refractivity contribution in [1.29, 1.82) is 0 Å². The first-order valence-electron chi connectivity index (χ1n) is 6.46. The number of halogens is 1. The molecule has 0 radical (unpaired) electrons. The van der Waals surface area contributed by atoms with Gasteiger partial charge < -0.3 is 14.4 Å². The highest BCUT2D eigenvalue weighted by molar-refractivity contribution is 7.90. The lowest BCUT2D eigenvalue weighted by Crippen LogP contribution is -2.62. The average molecular weight is 315 g/mol. The molecule has 0 bridgehead atoms. The van der Waals surface area contributed by atoms with E-state index in [1.165, 1.54) is 12.1 Å². The highest BCUT2D eigenvalue weighted by Gasteiger charge is 2.48. The van der Waals surface area contributed by atoms with E-state index in [1.54, 1.807) is 0 Å². The number of carboxylic acid groups (broad SMARTS) is 1. The predicted molar refractivity (Wildman–Crippen MR) is 76.9 cm³/mol. The van der Waals surface area contributed by atoms with Crippen LogP contribution in [0.2, 0.25) is 0 Å². The summed E-state index contributed by atoms with van der Waals surface area (Å²) in [5.41, 5.74) is -0.723. The Kier molecular flexibility index (Phi) is 4.30. The molecule has 2 N–H and O–H groups in total. The van der Waals surface area contributed by atoms with Crippen molar-refractivity contribution in [3.63, 3.8) is 0 Å². The molecule has 1 unspecified atom stereocenters. The Morgan fingerprint density at radius 3 is 2.48 bits per heavy atom. The van der Waals surface area contributed by atoms with Gasteiger partial charge >= 0.3 is 5.97 Å². The largest absolute Gasteiger partial charge is 0.598 e. The molecule has 1 fully saturated rings. The lowest BCUT2D eigenvalue weighted by molar-refractivity contribution is -0.0682. The zero-order chi connectivity index (χ0) is 15.8. The van der Waals surface area contributed by atoms with Gasteiger partial charge in [0.2, 0.25) is 0 Å². The van der Waals surface area contributed by atoms with E-state index >= 15 is 0 Å². The van der Waals surface area contributed by atoms with Gasteiger partial charge in [-0.3, -0.25) is 0 Å². The number of aromatic carboxylic acids is 1. The third-order valence-corrected chi connectivity index (χ3v) is 4.96. The van der Waals surface area contributed by atoms with Crippen LogP contribution in [0, 0.1) is 5.82 Å².